The van der Waals surface area contributed by atoms with Crippen LogP contribution < -0.4 is 10.6 Å². The second-order valence-electron chi connectivity index (χ2n) is 7.65. The first-order valence-corrected chi connectivity index (χ1v) is 11.7. The number of benzene rings is 1. The molecule has 145 valence electrons. The van der Waals surface area contributed by atoms with Gasteiger partial charge in [-0.1, -0.05) is 18.2 Å². The van der Waals surface area contributed by atoms with Crippen molar-refractivity contribution in [3.05, 3.63) is 29.8 Å². The maximum atomic E-state index is 12.3. The van der Waals surface area contributed by atoms with E-state index in [4.69, 9.17) is 0 Å². The number of rotatable bonds is 4. The van der Waals surface area contributed by atoms with Crippen LogP contribution in [0.5, 0.6) is 0 Å². The molecule has 0 saturated carbocycles. The number of hydrogen-bond acceptors (Lipinski definition) is 4. The summed E-state index contributed by atoms with van der Waals surface area (Å²) in [6.45, 7) is 3.76. The Balaban J connectivity index is 1.71. The van der Waals surface area contributed by atoms with Gasteiger partial charge in [-0.3, -0.25) is 4.68 Å². The number of fused-ring (bicyclic) bond motifs is 1. The van der Waals surface area contributed by atoms with Crippen LogP contribution in [0.4, 0.5) is 0 Å². The van der Waals surface area contributed by atoms with E-state index >= 15 is 0 Å². The molecule has 2 aliphatic rings. The zero-order valence-electron chi connectivity index (χ0n) is 15.8. The minimum Gasteiger partial charge on any atom is -0.317 e. The highest BCUT2D eigenvalue weighted by Crippen LogP contribution is 2.30. The Bertz CT molecular complexity index is 936. The summed E-state index contributed by atoms with van der Waals surface area (Å²) in [6, 6.07) is 6.28. The van der Waals surface area contributed by atoms with Crippen LogP contribution in [0.15, 0.2) is 29.3 Å². The highest BCUT2D eigenvalue weighted by atomic mass is 32.2. The van der Waals surface area contributed by atoms with Crippen molar-refractivity contribution in [1.82, 2.24) is 20.4 Å². The molecule has 2 aliphatic heterocycles. The lowest BCUT2D eigenvalue weighted by molar-refractivity contribution is 0.343. The number of nitrogens with zero attached hydrogens (tertiary/aromatic N) is 3. The van der Waals surface area contributed by atoms with Gasteiger partial charge < -0.3 is 5.32 Å². The molecule has 6 nitrogen and oxygen atoms in total. The minimum atomic E-state index is -3.39. The van der Waals surface area contributed by atoms with Gasteiger partial charge in [0, 0.05) is 24.7 Å². The maximum absolute atomic E-state index is 12.3. The van der Waals surface area contributed by atoms with Gasteiger partial charge in [0.2, 0.25) is 0 Å². The van der Waals surface area contributed by atoms with Gasteiger partial charge in [0.25, 0.3) is 0 Å². The van der Waals surface area contributed by atoms with E-state index in [1.807, 2.05) is 16.8 Å². The van der Waals surface area contributed by atoms with Gasteiger partial charge in [-0.2, -0.15) is 5.10 Å². The molecule has 1 radical (unpaired) electrons. The lowest BCUT2D eigenvalue weighted by atomic mass is 9.97. The van der Waals surface area contributed by atoms with Crippen LogP contribution in [0, 0.1) is 5.92 Å². The third-order valence-electron chi connectivity index (χ3n) is 5.58. The van der Waals surface area contributed by atoms with Gasteiger partial charge in [0.05, 0.1) is 11.6 Å². The average Bonchev–Trinajstić information content (AvgIpc) is 3.07. The van der Waals surface area contributed by atoms with Gasteiger partial charge in [-0.15, -0.1) is 0 Å². The smallest absolute Gasteiger partial charge is 0.195 e. The highest BCUT2D eigenvalue weighted by Gasteiger charge is 2.24. The van der Waals surface area contributed by atoms with Crippen molar-refractivity contribution in [2.24, 2.45) is 5.92 Å². The molecule has 1 aromatic carbocycles. The number of allylic oxidation sites excluding steroid dienone is 1. The Morgan fingerprint density at radius 3 is 2.59 bits per heavy atom. The fourth-order valence-corrected chi connectivity index (χ4v) is 4.85. The zero-order valence-corrected chi connectivity index (χ0v) is 16.6. The van der Waals surface area contributed by atoms with E-state index < -0.39 is 9.84 Å². The Morgan fingerprint density at radius 1 is 1.15 bits per heavy atom. The van der Waals surface area contributed by atoms with E-state index in [2.05, 4.69) is 34.0 Å². The third kappa shape index (κ3) is 4.10. The van der Waals surface area contributed by atoms with Crippen molar-refractivity contribution in [2.75, 3.05) is 32.4 Å². The van der Waals surface area contributed by atoms with Crippen molar-refractivity contribution in [3.63, 3.8) is 0 Å². The van der Waals surface area contributed by atoms with Crippen LogP contribution in [-0.2, 0) is 9.84 Å². The number of hydrogen-bond donors (Lipinski definition) is 1. The summed E-state index contributed by atoms with van der Waals surface area (Å²) in [6.07, 6.45) is 9.76. The summed E-state index contributed by atoms with van der Waals surface area (Å²) in [4.78, 5) is 0. The summed E-state index contributed by atoms with van der Waals surface area (Å²) in [5.74, 6) is 0.588. The van der Waals surface area contributed by atoms with Crippen molar-refractivity contribution in [1.29, 1.82) is 0 Å². The van der Waals surface area contributed by atoms with Gasteiger partial charge in [-0.25, -0.2) is 13.7 Å². The Labute approximate surface area is 160 Å². The quantitative estimate of drug-likeness (QED) is 0.874. The molecular weight excluding hydrogens is 360 g/mol. The molecule has 2 aromatic rings. The van der Waals surface area contributed by atoms with Crippen molar-refractivity contribution in [3.8, 4) is 0 Å². The molecule has 2 saturated heterocycles. The first kappa shape index (κ1) is 18.7. The molecule has 27 heavy (non-hydrogen) atoms. The molecule has 2 fully saturated rings. The second kappa shape index (κ2) is 7.73. The molecule has 3 heterocycles. The lowest BCUT2D eigenvalue weighted by Crippen LogP contribution is -2.26. The molecule has 0 amide bonds. The normalized spacial score (nSPS) is 20.6. The van der Waals surface area contributed by atoms with Crippen LogP contribution in [-0.4, -0.2) is 50.6 Å². The predicted octanol–water partition coefficient (Wildman–Crippen LogP) is 2.39. The van der Waals surface area contributed by atoms with Crippen molar-refractivity contribution >= 4 is 26.8 Å². The van der Waals surface area contributed by atoms with Crippen molar-refractivity contribution in [2.45, 2.75) is 36.8 Å². The molecular formula is C20H27N4O2S. The zero-order chi connectivity index (χ0) is 18.9. The van der Waals surface area contributed by atoms with E-state index in [1.165, 1.54) is 6.26 Å². The monoisotopic (exact) mass is 387 g/mol. The number of aromatic nitrogens is 2. The topological polar surface area (TPSA) is 78.1 Å². The first-order chi connectivity index (χ1) is 13.0. The van der Waals surface area contributed by atoms with E-state index in [0.29, 0.717) is 5.92 Å². The van der Waals surface area contributed by atoms with Gasteiger partial charge in [0.1, 0.15) is 0 Å². The fourth-order valence-electron chi connectivity index (χ4n) is 4.05. The number of sulfone groups is 1. The van der Waals surface area contributed by atoms with Crippen LogP contribution >= 0.6 is 0 Å². The largest absolute Gasteiger partial charge is 0.317 e. The van der Waals surface area contributed by atoms with E-state index in [9.17, 15) is 8.42 Å². The van der Waals surface area contributed by atoms with E-state index in [1.54, 1.807) is 0 Å². The summed E-state index contributed by atoms with van der Waals surface area (Å²) < 4.78 is 26.6. The summed E-state index contributed by atoms with van der Waals surface area (Å²) in [5, 5.41) is 13.2. The molecule has 0 bridgehead atoms. The molecule has 0 atom stereocenters. The molecule has 1 aromatic heterocycles. The standard InChI is InChI=1S/C20H27N4O2S/c1-27(25,26)20-18-14-16(3-2-15-6-10-21-11-7-15)4-5-19(18)24(23-20)17-8-12-22-13-9-17/h2-5,14-15,17,21H,6-13H2,1H3/b3-2+. The van der Waals surface area contributed by atoms with Crippen molar-refractivity contribution < 1.29 is 8.42 Å². The molecule has 0 aliphatic carbocycles. The van der Waals surface area contributed by atoms with Gasteiger partial charge >= 0.3 is 0 Å². The van der Waals surface area contributed by atoms with Crippen LogP contribution in [0.2, 0.25) is 0 Å². The van der Waals surface area contributed by atoms with Crippen LogP contribution in [0.3, 0.4) is 0 Å². The minimum absolute atomic E-state index is 0.192. The third-order valence-corrected chi connectivity index (χ3v) is 6.58. The Morgan fingerprint density at radius 2 is 1.89 bits per heavy atom. The SMILES string of the molecule is CS(=O)(=O)c1nn(C2CC[N]CC2)c2ccc(/C=C/C3CCNCC3)cc12. The van der Waals surface area contributed by atoms with E-state index in [-0.39, 0.29) is 11.1 Å². The predicted molar refractivity (Wildman–Crippen MR) is 108 cm³/mol. The average molecular weight is 388 g/mol. The Kier molecular flexibility index (Phi) is 5.34. The molecule has 0 spiro atoms. The fraction of sp³-hybridized carbons (Fsp3) is 0.550. The number of piperidine rings is 2. The summed E-state index contributed by atoms with van der Waals surface area (Å²) in [5.41, 5.74) is 1.94. The molecule has 7 heteroatoms. The summed E-state index contributed by atoms with van der Waals surface area (Å²) >= 11 is 0. The van der Waals surface area contributed by atoms with E-state index in [0.717, 1.165) is 68.3 Å². The van der Waals surface area contributed by atoms with Gasteiger partial charge in [0.15, 0.2) is 14.9 Å². The molecule has 1 N–H and O–H groups in total. The van der Waals surface area contributed by atoms with Crippen LogP contribution in [0.1, 0.15) is 37.3 Å². The van der Waals surface area contributed by atoms with Crippen LogP contribution in [0.25, 0.3) is 17.0 Å². The number of nitrogens with one attached hydrogen (secondary N) is 1. The lowest BCUT2D eigenvalue weighted by Gasteiger charge is -2.22. The van der Waals surface area contributed by atoms with Gasteiger partial charge in [-0.05, 0) is 62.4 Å². The second-order valence-corrected chi connectivity index (χ2v) is 9.58. The Hall–Kier alpha value is -1.70. The molecule has 4 rings (SSSR count). The maximum Gasteiger partial charge on any atom is 0.195 e. The summed E-state index contributed by atoms with van der Waals surface area (Å²) in [7, 11) is -3.39. The first-order valence-electron chi connectivity index (χ1n) is 9.77. The molecule has 0 unspecified atom stereocenters. The highest BCUT2D eigenvalue weighted by molar-refractivity contribution is 7.90.